The van der Waals surface area contributed by atoms with Crippen molar-refractivity contribution >= 4 is 12.1 Å². The van der Waals surface area contributed by atoms with Crippen molar-refractivity contribution in [1.82, 2.24) is 5.32 Å². The summed E-state index contributed by atoms with van der Waals surface area (Å²) in [6.45, 7) is 1.63. The van der Waals surface area contributed by atoms with Crippen LogP contribution < -0.4 is 10.1 Å². The summed E-state index contributed by atoms with van der Waals surface area (Å²) in [5.41, 5.74) is 3.19. The molecular formula is C19H19NO4. The molecule has 5 nitrogen and oxygen atoms in total. The number of hydrogen-bond donors (Lipinski definition) is 1. The molecule has 124 valence electrons. The number of nitrogens with one attached hydrogen (secondary N) is 1. The first-order chi connectivity index (χ1) is 11.6. The molecule has 1 aliphatic rings. The molecule has 2 aromatic carbocycles. The SMILES string of the molecule is CC(=O)Oc1ccc2c(c1)CC(NC(=O)OCc1ccccc1)C2. The van der Waals surface area contributed by atoms with Crippen molar-refractivity contribution in [3.05, 3.63) is 65.2 Å². The fraction of sp³-hybridized carbons (Fsp3) is 0.263. The third kappa shape index (κ3) is 4.13. The number of carbonyl (C=O) groups excluding carboxylic acids is 2. The lowest BCUT2D eigenvalue weighted by Gasteiger charge is -2.12. The molecule has 24 heavy (non-hydrogen) atoms. The van der Waals surface area contributed by atoms with Gasteiger partial charge in [-0.15, -0.1) is 0 Å². The highest BCUT2D eigenvalue weighted by Crippen LogP contribution is 2.26. The van der Waals surface area contributed by atoms with Gasteiger partial charge in [-0.3, -0.25) is 4.79 Å². The van der Waals surface area contributed by atoms with Crippen LogP contribution in [0.2, 0.25) is 0 Å². The van der Waals surface area contributed by atoms with Crippen LogP contribution in [0.1, 0.15) is 23.6 Å². The van der Waals surface area contributed by atoms with Gasteiger partial charge in [0.2, 0.25) is 0 Å². The largest absolute Gasteiger partial charge is 0.445 e. The van der Waals surface area contributed by atoms with E-state index < -0.39 is 6.09 Å². The van der Waals surface area contributed by atoms with E-state index in [1.54, 1.807) is 6.07 Å². The van der Waals surface area contributed by atoms with Gasteiger partial charge < -0.3 is 14.8 Å². The summed E-state index contributed by atoms with van der Waals surface area (Å²) >= 11 is 0. The summed E-state index contributed by atoms with van der Waals surface area (Å²) < 4.78 is 10.3. The minimum atomic E-state index is -0.420. The Morgan fingerprint density at radius 1 is 1.08 bits per heavy atom. The first-order valence-corrected chi connectivity index (χ1v) is 7.87. The third-order valence-corrected chi connectivity index (χ3v) is 3.91. The van der Waals surface area contributed by atoms with Gasteiger partial charge >= 0.3 is 12.1 Å². The number of carbonyl (C=O) groups is 2. The second-order valence-electron chi connectivity index (χ2n) is 5.84. The topological polar surface area (TPSA) is 64.6 Å². The van der Waals surface area contributed by atoms with E-state index in [9.17, 15) is 9.59 Å². The highest BCUT2D eigenvalue weighted by atomic mass is 16.5. The lowest BCUT2D eigenvalue weighted by atomic mass is 10.1. The molecule has 0 saturated heterocycles. The van der Waals surface area contributed by atoms with Crippen molar-refractivity contribution in [3.8, 4) is 5.75 Å². The van der Waals surface area contributed by atoms with Gasteiger partial charge in [-0.2, -0.15) is 0 Å². The van der Waals surface area contributed by atoms with Crippen molar-refractivity contribution in [3.63, 3.8) is 0 Å². The zero-order valence-electron chi connectivity index (χ0n) is 13.5. The molecule has 0 aliphatic heterocycles. The van der Waals surface area contributed by atoms with Crippen LogP contribution in [0.15, 0.2) is 48.5 Å². The molecule has 0 bridgehead atoms. The molecule has 0 spiro atoms. The second-order valence-corrected chi connectivity index (χ2v) is 5.84. The van der Waals surface area contributed by atoms with Crippen LogP contribution in [0.5, 0.6) is 5.75 Å². The predicted molar refractivity (Wildman–Crippen MR) is 88.7 cm³/mol. The molecule has 1 aliphatic carbocycles. The predicted octanol–water partition coefficient (Wildman–Crippen LogP) is 3.01. The summed E-state index contributed by atoms with van der Waals surface area (Å²) in [7, 11) is 0. The number of amides is 1. The van der Waals surface area contributed by atoms with Gasteiger partial charge in [0, 0.05) is 13.0 Å². The van der Waals surface area contributed by atoms with Crippen LogP contribution in [0.25, 0.3) is 0 Å². The van der Waals surface area contributed by atoms with Gasteiger partial charge in [0.15, 0.2) is 0 Å². The van der Waals surface area contributed by atoms with E-state index in [0.717, 1.165) is 23.1 Å². The van der Waals surface area contributed by atoms with E-state index in [-0.39, 0.29) is 18.6 Å². The number of esters is 1. The molecule has 1 N–H and O–H groups in total. The first-order valence-electron chi connectivity index (χ1n) is 7.87. The van der Waals surface area contributed by atoms with Crippen molar-refractivity contribution in [1.29, 1.82) is 0 Å². The van der Waals surface area contributed by atoms with Crippen LogP contribution >= 0.6 is 0 Å². The van der Waals surface area contributed by atoms with Gasteiger partial charge in [0.1, 0.15) is 12.4 Å². The second kappa shape index (κ2) is 7.17. The molecule has 0 saturated carbocycles. The Balaban J connectivity index is 1.52. The summed E-state index contributed by atoms with van der Waals surface area (Å²) in [5.74, 6) is 0.195. The standard InChI is InChI=1S/C19H19NO4/c1-13(21)24-18-8-7-15-9-17(10-16(15)11-18)20-19(22)23-12-14-5-3-2-4-6-14/h2-8,11,17H,9-10,12H2,1H3,(H,20,22). The molecule has 0 fully saturated rings. The summed E-state index contributed by atoms with van der Waals surface area (Å²) in [5, 5.41) is 2.89. The maximum atomic E-state index is 11.9. The van der Waals surface area contributed by atoms with Crippen LogP contribution in [0.3, 0.4) is 0 Å². The van der Waals surface area contributed by atoms with E-state index in [1.165, 1.54) is 6.92 Å². The molecule has 1 unspecified atom stereocenters. The minimum Gasteiger partial charge on any atom is -0.445 e. The van der Waals surface area contributed by atoms with Crippen LogP contribution in [-0.4, -0.2) is 18.1 Å². The van der Waals surface area contributed by atoms with E-state index in [4.69, 9.17) is 9.47 Å². The van der Waals surface area contributed by atoms with Crippen molar-refractivity contribution < 1.29 is 19.1 Å². The van der Waals surface area contributed by atoms with Gasteiger partial charge in [0.25, 0.3) is 0 Å². The summed E-state index contributed by atoms with van der Waals surface area (Å²) in [6, 6.07) is 15.1. The average Bonchev–Trinajstić information content (AvgIpc) is 2.94. The lowest BCUT2D eigenvalue weighted by molar-refractivity contribution is -0.131. The molecule has 2 aromatic rings. The summed E-state index contributed by atoms with van der Waals surface area (Å²) in [6.07, 6.45) is 1.03. The van der Waals surface area contributed by atoms with E-state index in [2.05, 4.69) is 5.32 Å². The number of ether oxygens (including phenoxy) is 2. The van der Waals surface area contributed by atoms with Gasteiger partial charge in [-0.05, 0) is 41.7 Å². The monoisotopic (exact) mass is 325 g/mol. The Bertz CT molecular complexity index is 742. The molecule has 1 amide bonds. The summed E-state index contributed by atoms with van der Waals surface area (Å²) in [4.78, 5) is 22.9. The van der Waals surface area contributed by atoms with Crippen molar-refractivity contribution in [2.24, 2.45) is 0 Å². The van der Waals surface area contributed by atoms with E-state index in [0.29, 0.717) is 12.2 Å². The van der Waals surface area contributed by atoms with E-state index >= 15 is 0 Å². The first kappa shape index (κ1) is 16.1. The Kier molecular flexibility index (Phi) is 4.79. The Morgan fingerprint density at radius 3 is 2.58 bits per heavy atom. The molecule has 0 radical (unpaired) electrons. The number of benzene rings is 2. The maximum absolute atomic E-state index is 11.9. The Hall–Kier alpha value is -2.82. The highest BCUT2D eigenvalue weighted by molar-refractivity contribution is 5.70. The van der Waals surface area contributed by atoms with Crippen LogP contribution in [-0.2, 0) is 29.0 Å². The minimum absolute atomic E-state index is 0.00384. The van der Waals surface area contributed by atoms with Crippen LogP contribution in [0, 0.1) is 0 Å². The average molecular weight is 325 g/mol. The van der Waals surface area contributed by atoms with Gasteiger partial charge in [-0.1, -0.05) is 36.4 Å². The number of hydrogen-bond acceptors (Lipinski definition) is 4. The van der Waals surface area contributed by atoms with Gasteiger partial charge in [0.05, 0.1) is 0 Å². The molecule has 0 aromatic heterocycles. The van der Waals surface area contributed by atoms with Crippen LogP contribution in [0.4, 0.5) is 4.79 Å². The fourth-order valence-electron chi connectivity index (χ4n) is 2.86. The Morgan fingerprint density at radius 2 is 1.83 bits per heavy atom. The number of rotatable bonds is 4. The van der Waals surface area contributed by atoms with Crippen molar-refractivity contribution in [2.45, 2.75) is 32.4 Å². The smallest absolute Gasteiger partial charge is 0.407 e. The molecule has 0 heterocycles. The quantitative estimate of drug-likeness (QED) is 0.693. The molecular weight excluding hydrogens is 306 g/mol. The number of alkyl carbamates (subject to hydrolysis) is 1. The lowest BCUT2D eigenvalue weighted by Crippen LogP contribution is -2.35. The zero-order chi connectivity index (χ0) is 16.9. The Labute approximate surface area is 140 Å². The molecule has 3 rings (SSSR count). The van der Waals surface area contributed by atoms with Gasteiger partial charge in [-0.25, -0.2) is 4.79 Å². The number of fused-ring (bicyclic) bond motifs is 1. The van der Waals surface area contributed by atoms with E-state index in [1.807, 2.05) is 42.5 Å². The van der Waals surface area contributed by atoms with Crippen molar-refractivity contribution in [2.75, 3.05) is 0 Å². The fourth-order valence-corrected chi connectivity index (χ4v) is 2.86. The molecule has 1 atom stereocenters. The highest BCUT2D eigenvalue weighted by Gasteiger charge is 2.24. The maximum Gasteiger partial charge on any atom is 0.407 e. The third-order valence-electron chi connectivity index (χ3n) is 3.91. The normalized spacial score (nSPS) is 15.5. The zero-order valence-corrected chi connectivity index (χ0v) is 13.5. The molecule has 5 heteroatoms.